The van der Waals surface area contributed by atoms with Gasteiger partial charge in [-0.15, -0.1) is 0 Å². The molecule has 134 valence electrons. The third-order valence-corrected chi connectivity index (χ3v) is 5.65. The van der Waals surface area contributed by atoms with E-state index in [0.717, 1.165) is 0 Å². The summed E-state index contributed by atoms with van der Waals surface area (Å²) in [5.74, 6) is -3.75. The van der Waals surface area contributed by atoms with Gasteiger partial charge in [-0.3, -0.25) is 14.2 Å². The number of allylic oxidation sites excluding steroid dienone is 4. The van der Waals surface area contributed by atoms with E-state index in [-0.39, 0.29) is 17.7 Å². The summed E-state index contributed by atoms with van der Waals surface area (Å²) in [5.41, 5.74) is 0.420. The van der Waals surface area contributed by atoms with Crippen molar-refractivity contribution in [3.8, 4) is 0 Å². The lowest BCUT2D eigenvalue weighted by Crippen LogP contribution is -2.24. The minimum Gasteiger partial charge on any atom is -0.481 e. The fourth-order valence-corrected chi connectivity index (χ4v) is 4.11. The Labute approximate surface area is 139 Å². The summed E-state index contributed by atoms with van der Waals surface area (Å²) in [7, 11) is -6.27. The molecule has 0 saturated heterocycles. The van der Waals surface area contributed by atoms with Gasteiger partial charge in [-0.2, -0.15) is 8.42 Å². The zero-order valence-electron chi connectivity index (χ0n) is 12.6. The molecule has 0 aromatic carbocycles. The van der Waals surface area contributed by atoms with Crippen molar-refractivity contribution in [1.29, 1.82) is 0 Å². The lowest BCUT2D eigenvalue weighted by Gasteiger charge is -2.19. The van der Waals surface area contributed by atoms with E-state index >= 15 is 0 Å². The molecule has 9 nitrogen and oxygen atoms in total. The smallest absolute Gasteiger partial charge is 0.307 e. The van der Waals surface area contributed by atoms with Crippen molar-refractivity contribution in [3.63, 3.8) is 0 Å². The molecule has 0 aromatic heterocycles. The molecular formula is C13H18NO8PS. The average Bonchev–Trinajstić information content (AvgIpc) is 2.49. The lowest BCUT2D eigenvalue weighted by molar-refractivity contribution is -0.142. The summed E-state index contributed by atoms with van der Waals surface area (Å²) in [6.45, 7) is 0. The molecule has 1 aliphatic carbocycles. The standard InChI is InChI=1S/C13H18NO8PS/c15-12(16)5-4-9(13(17)18)7-23(19,20)8-14-10-2-1-3-11(6-10)24(21)22/h1-3,9,14H,4-8H2,(H,15,16)(H,17,18)(H,19,20). The van der Waals surface area contributed by atoms with E-state index in [2.05, 4.69) is 5.32 Å². The third kappa shape index (κ3) is 7.12. The molecule has 11 heteroatoms. The van der Waals surface area contributed by atoms with Crippen molar-refractivity contribution in [3.05, 3.63) is 23.9 Å². The number of nitrogens with one attached hydrogen (secondary N) is 1. The molecule has 1 rings (SSSR count). The maximum Gasteiger partial charge on any atom is 0.307 e. The van der Waals surface area contributed by atoms with Gasteiger partial charge in [-0.1, -0.05) is 6.08 Å². The van der Waals surface area contributed by atoms with Crippen LogP contribution in [-0.4, -0.2) is 52.8 Å². The van der Waals surface area contributed by atoms with Crippen LogP contribution in [-0.2, 0) is 24.4 Å². The van der Waals surface area contributed by atoms with Gasteiger partial charge < -0.3 is 20.4 Å². The summed E-state index contributed by atoms with van der Waals surface area (Å²) < 4.78 is 33.9. The van der Waals surface area contributed by atoms with E-state index in [0.29, 0.717) is 5.70 Å². The molecule has 1 aliphatic rings. The summed E-state index contributed by atoms with van der Waals surface area (Å²) in [4.78, 5) is 31.6. The Balaban J connectivity index is 2.65. The molecule has 0 bridgehead atoms. The third-order valence-electron chi connectivity index (χ3n) is 3.27. The highest BCUT2D eigenvalue weighted by atomic mass is 32.2. The Bertz CT molecular complexity index is 744. The lowest BCUT2D eigenvalue weighted by atomic mass is 10.1. The Kier molecular flexibility index (Phi) is 7.40. The van der Waals surface area contributed by atoms with E-state index in [9.17, 15) is 27.5 Å². The fraction of sp³-hybridized carbons (Fsp3) is 0.462. The van der Waals surface area contributed by atoms with Crippen LogP contribution >= 0.6 is 7.37 Å². The van der Waals surface area contributed by atoms with Crippen LogP contribution in [0.3, 0.4) is 0 Å². The highest BCUT2D eigenvalue weighted by Crippen LogP contribution is 2.42. The summed E-state index contributed by atoms with van der Waals surface area (Å²) >= 11 is 0. The highest BCUT2D eigenvalue weighted by Gasteiger charge is 2.29. The van der Waals surface area contributed by atoms with Crippen molar-refractivity contribution in [2.24, 2.45) is 5.92 Å². The number of rotatable bonds is 9. The number of hydrogen-bond donors (Lipinski definition) is 4. The van der Waals surface area contributed by atoms with Crippen LogP contribution in [0.25, 0.3) is 0 Å². The Morgan fingerprint density at radius 3 is 2.54 bits per heavy atom. The topological polar surface area (TPSA) is 158 Å². The van der Waals surface area contributed by atoms with Gasteiger partial charge in [-0.05, 0) is 18.6 Å². The van der Waals surface area contributed by atoms with Crippen LogP contribution in [0.5, 0.6) is 0 Å². The predicted octanol–water partition coefficient (Wildman–Crippen LogP) is 0.265. The zero-order chi connectivity index (χ0) is 18.3. The van der Waals surface area contributed by atoms with E-state index in [1.165, 1.54) is 12.2 Å². The Hall–Kier alpha value is -1.90. The normalized spacial score (nSPS) is 17.5. The molecular weight excluding hydrogens is 361 g/mol. The monoisotopic (exact) mass is 379 g/mol. The first-order chi connectivity index (χ1) is 11.1. The minimum atomic E-state index is -3.89. The van der Waals surface area contributed by atoms with Crippen LogP contribution in [0.15, 0.2) is 23.9 Å². The van der Waals surface area contributed by atoms with Gasteiger partial charge in [-0.25, -0.2) is 0 Å². The number of carboxylic acid groups (broad SMARTS) is 2. The van der Waals surface area contributed by atoms with Crippen LogP contribution in [0.4, 0.5) is 0 Å². The summed E-state index contributed by atoms with van der Waals surface area (Å²) in [6.07, 6.45) is 2.84. The van der Waals surface area contributed by atoms with Gasteiger partial charge in [0.2, 0.25) is 17.7 Å². The van der Waals surface area contributed by atoms with Crippen molar-refractivity contribution in [2.75, 3.05) is 12.4 Å². The number of carbonyl (C=O) groups is 2. The fourth-order valence-electron chi connectivity index (χ4n) is 2.04. The molecule has 0 spiro atoms. The van der Waals surface area contributed by atoms with Gasteiger partial charge in [0.05, 0.1) is 17.1 Å². The molecule has 0 amide bonds. The Morgan fingerprint density at radius 2 is 2.00 bits per heavy atom. The maximum absolute atomic E-state index is 12.1. The molecule has 4 N–H and O–H groups in total. The van der Waals surface area contributed by atoms with Gasteiger partial charge in [0.15, 0.2) is 0 Å². The predicted molar refractivity (Wildman–Crippen MR) is 86.5 cm³/mol. The second-order valence-corrected chi connectivity index (χ2v) is 8.63. The van der Waals surface area contributed by atoms with Crippen LogP contribution in [0, 0.1) is 5.92 Å². The minimum absolute atomic E-state index is 0.0496. The molecule has 0 saturated carbocycles. The van der Waals surface area contributed by atoms with Crippen molar-refractivity contribution >= 4 is 34.5 Å². The van der Waals surface area contributed by atoms with E-state index < -0.39 is 54.4 Å². The van der Waals surface area contributed by atoms with Crippen LogP contribution < -0.4 is 5.32 Å². The summed E-state index contributed by atoms with van der Waals surface area (Å²) in [5, 5.41) is 20.3. The summed E-state index contributed by atoms with van der Waals surface area (Å²) in [6, 6.07) is 0. The number of carboxylic acids is 2. The SMILES string of the molecule is O=C(O)CCC(CP(=O)(O)CNC1=CC=CC(=S(=O)=O)C1)C(=O)O. The first-order valence-corrected chi connectivity index (χ1v) is 10.0. The van der Waals surface area contributed by atoms with Gasteiger partial charge in [0.25, 0.3) is 0 Å². The van der Waals surface area contributed by atoms with Gasteiger partial charge >= 0.3 is 11.9 Å². The second kappa shape index (κ2) is 8.81. The number of hydrogen-bond acceptors (Lipinski definition) is 6. The molecule has 0 heterocycles. The quantitative estimate of drug-likeness (QED) is 0.326. The molecule has 2 unspecified atom stereocenters. The molecule has 0 fully saturated rings. The molecule has 24 heavy (non-hydrogen) atoms. The first-order valence-electron chi connectivity index (χ1n) is 6.92. The zero-order valence-corrected chi connectivity index (χ0v) is 14.3. The second-order valence-electron chi connectivity index (χ2n) is 5.26. The van der Waals surface area contributed by atoms with E-state index in [4.69, 9.17) is 10.2 Å². The van der Waals surface area contributed by atoms with Crippen molar-refractivity contribution < 1.29 is 37.7 Å². The first kappa shape index (κ1) is 20.1. The van der Waals surface area contributed by atoms with Crippen molar-refractivity contribution in [2.45, 2.75) is 19.3 Å². The largest absolute Gasteiger partial charge is 0.481 e. The van der Waals surface area contributed by atoms with Gasteiger partial charge in [0, 0.05) is 24.7 Å². The number of aliphatic carboxylic acids is 2. The average molecular weight is 379 g/mol. The van der Waals surface area contributed by atoms with Crippen molar-refractivity contribution in [1.82, 2.24) is 5.32 Å². The maximum atomic E-state index is 12.1. The molecule has 0 aromatic rings. The molecule has 2 atom stereocenters. The van der Waals surface area contributed by atoms with E-state index in [1.807, 2.05) is 0 Å². The van der Waals surface area contributed by atoms with Gasteiger partial charge in [0.1, 0.15) is 0 Å². The van der Waals surface area contributed by atoms with Crippen LogP contribution in [0.2, 0.25) is 0 Å². The van der Waals surface area contributed by atoms with Crippen LogP contribution in [0.1, 0.15) is 19.3 Å². The van der Waals surface area contributed by atoms with E-state index in [1.54, 1.807) is 6.08 Å². The Morgan fingerprint density at radius 1 is 1.33 bits per heavy atom. The highest BCUT2D eigenvalue weighted by molar-refractivity contribution is 7.73. The molecule has 0 aliphatic heterocycles. The molecule has 0 radical (unpaired) electrons.